The molecule has 0 spiro atoms. The number of likely N-dealkylation sites (N-methyl/N-ethyl adjacent to an activating group) is 2. The van der Waals surface area contributed by atoms with Gasteiger partial charge in [0.25, 0.3) is 0 Å². The molecule has 0 saturated carbocycles. The number of carbonyl (C=O) groups excluding carboxylic acids is 4. The van der Waals surface area contributed by atoms with Gasteiger partial charge in [0.15, 0.2) is 5.84 Å². The van der Waals surface area contributed by atoms with Crippen LogP contribution in [0.15, 0.2) is 35.4 Å². The van der Waals surface area contributed by atoms with Crippen molar-refractivity contribution >= 4 is 29.5 Å². The molecular weight excluding hydrogens is 690 g/mol. The summed E-state index contributed by atoms with van der Waals surface area (Å²) in [5, 5.41) is 13.4. The average molecular weight is 758 g/mol. The molecule has 3 rings (SSSR count). The Hall–Kier alpha value is -3.79. The number of rotatable bonds is 21. The number of ether oxygens (including phenoxy) is 2. The van der Waals surface area contributed by atoms with Crippen LogP contribution < -0.4 is 32.4 Å². The molecule has 0 aliphatic carbocycles. The third-order valence-electron chi connectivity index (χ3n) is 11.1. The number of hydrazone groups is 1. The quantitative estimate of drug-likeness (QED) is 0.109. The van der Waals surface area contributed by atoms with Crippen molar-refractivity contribution in [3.05, 3.63) is 35.9 Å². The van der Waals surface area contributed by atoms with Crippen molar-refractivity contribution in [1.29, 1.82) is 0 Å². The standard InChI is InChI=1S/C39H67N9O6/c1-12-25(6)34(47(9)39(52)33(24(4)5)42-38(51)32(40-8)23(2)3)30(53-10)22-31(49)48-20-16-19-29(48)35(54-11)26(7)37(50)41-28(36-43-45-46-44-36)21-27-17-14-13-15-18-27/h13-15,17-18,23-26,28-30,32-35,40,45-46H,12,16,19-22H2,1-11H3,(H,41,50)(H,42,51)(H,43,44)/t25-,26+,28-,29-,30+,32?,33-,34-,35+/m0/s1. The van der Waals surface area contributed by atoms with Gasteiger partial charge in [-0.2, -0.15) is 0 Å². The van der Waals surface area contributed by atoms with E-state index in [1.54, 1.807) is 33.2 Å². The maximum absolute atomic E-state index is 14.2. The summed E-state index contributed by atoms with van der Waals surface area (Å²) in [7, 11) is 6.62. The Morgan fingerprint density at radius 2 is 1.63 bits per heavy atom. The molecule has 15 nitrogen and oxygen atoms in total. The number of carbonyl (C=O) groups is 4. The van der Waals surface area contributed by atoms with Crippen LogP contribution in [0.25, 0.3) is 0 Å². The zero-order chi connectivity index (χ0) is 40.1. The molecule has 0 radical (unpaired) electrons. The molecular formula is C39H67N9O6. The third kappa shape index (κ3) is 11.4. The molecule has 2 aliphatic rings. The highest BCUT2D eigenvalue weighted by atomic mass is 16.5. The summed E-state index contributed by atoms with van der Waals surface area (Å²) in [4.78, 5) is 59.0. The number of methoxy groups -OCH3 is 2. The Kier molecular flexibility index (Phi) is 17.6. The molecule has 1 unspecified atom stereocenters. The summed E-state index contributed by atoms with van der Waals surface area (Å²) >= 11 is 0. The van der Waals surface area contributed by atoms with E-state index in [9.17, 15) is 19.2 Å². The van der Waals surface area contributed by atoms with Gasteiger partial charge in [-0.25, -0.2) is 5.53 Å². The largest absolute Gasteiger partial charge is 0.379 e. The van der Waals surface area contributed by atoms with Crippen LogP contribution in [-0.4, -0.2) is 117 Å². The molecule has 9 atom stereocenters. The van der Waals surface area contributed by atoms with Gasteiger partial charge < -0.3 is 35.2 Å². The van der Waals surface area contributed by atoms with Gasteiger partial charge in [-0.3, -0.25) is 24.6 Å². The molecule has 2 aliphatic heterocycles. The topological polar surface area (TPSA) is 178 Å². The van der Waals surface area contributed by atoms with Crippen LogP contribution in [-0.2, 0) is 35.1 Å². The monoisotopic (exact) mass is 758 g/mol. The Bertz CT molecular complexity index is 1400. The number of benzene rings is 1. The maximum atomic E-state index is 14.2. The number of hydrazine groups is 2. The first kappa shape index (κ1) is 44.6. The Labute approximate surface area is 322 Å². The van der Waals surface area contributed by atoms with Gasteiger partial charge in [0.05, 0.1) is 48.7 Å². The maximum Gasteiger partial charge on any atom is 0.245 e. The minimum atomic E-state index is -0.758. The van der Waals surface area contributed by atoms with Gasteiger partial charge >= 0.3 is 0 Å². The Balaban J connectivity index is 1.78. The molecule has 1 aromatic carbocycles. The molecule has 4 amide bonds. The van der Waals surface area contributed by atoms with E-state index in [2.05, 4.69) is 37.5 Å². The lowest BCUT2D eigenvalue weighted by Gasteiger charge is -2.41. The highest BCUT2D eigenvalue weighted by Crippen LogP contribution is 2.30. The van der Waals surface area contributed by atoms with E-state index in [1.807, 2.05) is 83.7 Å². The van der Waals surface area contributed by atoms with Crippen molar-refractivity contribution in [1.82, 2.24) is 42.2 Å². The fraction of sp³-hybridized carbons (Fsp3) is 0.718. The second-order valence-electron chi connectivity index (χ2n) is 15.4. The summed E-state index contributed by atoms with van der Waals surface area (Å²) < 4.78 is 12.0. The summed E-state index contributed by atoms with van der Waals surface area (Å²) in [6.07, 6.45) is 1.57. The minimum Gasteiger partial charge on any atom is -0.379 e. The van der Waals surface area contributed by atoms with Crippen LogP contribution in [0.5, 0.6) is 0 Å². The van der Waals surface area contributed by atoms with Crippen molar-refractivity contribution in [3.8, 4) is 0 Å². The van der Waals surface area contributed by atoms with E-state index in [1.165, 1.54) is 0 Å². The lowest BCUT2D eigenvalue weighted by molar-refractivity contribution is -0.147. The zero-order valence-corrected chi connectivity index (χ0v) is 34.3. The highest BCUT2D eigenvalue weighted by molar-refractivity contribution is 5.93. The molecule has 1 saturated heterocycles. The predicted octanol–water partition coefficient (Wildman–Crippen LogP) is 1.94. The first-order valence-electron chi connectivity index (χ1n) is 19.5. The number of nitrogens with one attached hydrogen (secondary N) is 6. The first-order valence-corrected chi connectivity index (χ1v) is 19.5. The van der Waals surface area contributed by atoms with E-state index >= 15 is 0 Å². The van der Waals surface area contributed by atoms with Gasteiger partial charge in [-0.15, -0.1) is 10.6 Å². The van der Waals surface area contributed by atoms with Crippen molar-refractivity contribution in [2.75, 3.05) is 34.9 Å². The summed E-state index contributed by atoms with van der Waals surface area (Å²) in [5.41, 5.74) is 9.42. The molecule has 0 bridgehead atoms. The zero-order valence-electron chi connectivity index (χ0n) is 34.3. The van der Waals surface area contributed by atoms with Crippen molar-refractivity contribution in [2.24, 2.45) is 28.8 Å². The van der Waals surface area contributed by atoms with E-state index in [0.29, 0.717) is 25.2 Å². The number of nitrogens with zero attached hydrogens (tertiary/aromatic N) is 3. The lowest BCUT2D eigenvalue weighted by Crippen LogP contribution is -2.59. The molecule has 54 heavy (non-hydrogen) atoms. The Morgan fingerprint density at radius 3 is 2.17 bits per heavy atom. The number of amides is 4. The smallest absolute Gasteiger partial charge is 0.245 e. The van der Waals surface area contributed by atoms with Crippen LogP contribution >= 0.6 is 0 Å². The van der Waals surface area contributed by atoms with Gasteiger partial charge in [0.1, 0.15) is 6.04 Å². The number of amidine groups is 1. The summed E-state index contributed by atoms with van der Waals surface area (Å²) in [6, 6.07) is 7.44. The normalized spacial score (nSPS) is 20.1. The van der Waals surface area contributed by atoms with Gasteiger partial charge in [0.2, 0.25) is 23.6 Å². The molecule has 304 valence electrons. The first-order chi connectivity index (χ1) is 25.7. The van der Waals surface area contributed by atoms with E-state index in [0.717, 1.165) is 18.4 Å². The van der Waals surface area contributed by atoms with E-state index in [4.69, 9.17) is 9.47 Å². The van der Waals surface area contributed by atoms with Crippen LogP contribution in [0.1, 0.15) is 79.7 Å². The van der Waals surface area contributed by atoms with Crippen molar-refractivity contribution in [2.45, 2.75) is 123 Å². The van der Waals surface area contributed by atoms with Crippen LogP contribution in [0, 0.1) is 23.7 Å². The number of likely N-dealkylation sites (tertiary alicyclic amines) is 1. The SMILES string of the molecule is CC[C@H](C)[C@@H]([C@@H](CC(=O)N1CCC[C@H]1[C@H](OC)[C@@H](C)C(=O)N[C@@H](Cc1ccccc1)C1=NNNN1)OC)N(C)C(=O)[C@@H](NC(=O)C(NC)C(C)C)C(C)C. The molecule has 1 aromatic rings. The highest BCUT2D eigenvalue weighted by Gasteiger charge is 2.43. The van der Waals surface area contributed by atoms with E-state index in [-0.39, 0.29) is 53.8 Å². The fourth-order valence-electron chi connectivity index (χ4n) is 7.79. The minimum absolute atomic E-state index is 0.0149. The summed E-state index contributed by atoms with van der Waals surface area (Å²) in [5.74, 6) is -0.995. The van der Waals surface area contributed by atoms with E-state index < -0.39 is 42.3 Å². The second-order valence-corrected chi connectivity index (χ2v) is 15.4. The van der Waals surface area contributed by atoms with Crippen LogP contribution in [0.4, 0.5) is 0 Å². The van der Waals surface area contributed by atoms with Gasteiger partial charge in [0, 0.05) is 27.8 Å². The average Bonchev–Trinajstić information content (AvgIpc) is 3.87. The van der Waals surface area contributed by atoms with Gasteiger partial charge in [-0.1, -0.05) is 85.2 Å². The van der Waals surface area contributed by atoms with Crippen LogP contribution in [0.2, 0.25) is 0 Å². The predicted molar refractivity (Wildman–Crippen MR) is 209 cm³/mol. The van der Waals surface area contributed by atoms with Crippen molar-refractivity contribution < 1.29 is 28.7 Å². The molecule has 15 heteroatoms. The molecule has 0 aromatic heterocycles. The molecule has 1 fully saturated rings. The molecule has 6 N–H and O–H groups in total. The lowest BCUT2D eigenvalue weighted by atomic mass is 9.89. The molecule has 2 heterocycles. The Morgan fingerprint density at radius 1 is 0.963 bits per heavy atom. The van der Waals surface area contributed by atoms with Crippen LogP contribution in [0.3, 0.4) is 0 Å². The van der Waals surface area contributed by atoms with Crippen molar-refractivity contribution in [3.63, 3.8) is 0 Å². The fourth-order valence-corrected chi connectivity index (χ4v) is 7.79. The van der Waals surface area contributed by atoms with Gasteiger partial charge in [-0.05, 0) is 49.6 Å². The number of hydrogen-bond acceptors (Lipinski definition) is 11. The third-order valence-corrected chi connectivity index (χ3v) is 11.1. The second kappa shape index (κ2) is 21.3. The summed E-state index contributed by atoms with van der Waals surface area (Å²) in [6.45, 7) is 14.2. The number of hydrogen-bond donors (Lipinski definition) is 6.